The number of nitrogens with two attached hydrogens (primary N) is 1. The first kappa shape index (κ1) is 15.9. The lowest BCUT2D eigenvalue weighted by Gasteiger charge is -2.39. The van der Waals surface area contributed by atoms with Gasteiger partial charge < -0.3 is 16.4 Å². The van der Waals surface area contributed by atoms with Gasteiger partial charge in [0.1, 0.15) is 6.04 Å². The first-order valence-electron chi connectivity index (χ1n) is 6.51. The second-order valence-electron chi connectivity index (χ2n) is 6.23. The number of carbonyl (C=O) groups is 2. The van der Waals surface area contributed by atoms with E-state index in [-0.39, 0.29) is 22.3 Å². The Morgan fingerprint density at radius 2 is 1.84 bits per heavy atom. The molecule has 5 nitrogen and oxygen atoms in total. The fraction of sp³-hybridized carbons (Fsp3) is 0.769. The number of carbonyl (C=O) groups excluding carboxylic acids is 2. The third-order valence-corrected chi connectivity index (χ3v) is 3.74. The monoisotopic (exact) mass is 285 g/mol. The summed E-state index contributed by atoms with van der Waals surface area (Å²) < 4.78 is 0. The number of hydrogen-bond acceptors (Lipinski definition) is 3. The summed E-state index contributed by atoms with van der Waals surface area (Å²) in [5, 5.41) is 5.53. The van der Waals surface area contributed by atoms with Crippen LogP contribution in [-0.4, -0.2) is 28.4 Å². The summed E-state index contributed by atoms with van der Waals surface area (Å²) >= 11 is 4.98. The highest BCUT2D eigenvalue weighted by atomic mass is 32.1. The van der Waals surface area contributed by atoms with E-state index in [1.807, 2.05) is 20.8 Å². The first-order valence-corrected chi connectivity index (χ1v) is 6.92. The van der Waals surface area contributed by atoms with Crippen LogP contribution >= 0.6 is 12.2 Å². The molecule has 0 bridgehead atoms. The standard InChI is InChI=1S/C13H23N3O2S/c1-8(9(17)16-12(2,3)4)15-11(18)13(10(14)19)6-5-7-13/h8H,5-7H2,1-4H3,(H2,14,19)(H,15,18)(H,16,17). The molecule has 6 heteroatoms. The molecule has 0 heterocycles. The van der Waals surface area contributed by atoms with Gasteiger partial charge in [0.25, 0.3) is 0 Å². The molecule has 0 aromatic carbocycles. The molecule has 19 heavy (non-hydrogen) atoms. The number of hydrogen-bond donors (Lipinski definition) is 3. The van der Waals surface area contributed by atoms with Crippen LogP contribution in [0, 0.1) is 5.41 Å². The third-order valence-electron chi connectivity index (χ3n) is 3.35. The van der Waals surface area contributed by atoms with E-state index in [0.717, 1.165) is 6.42 Å². The molecule has 0 aromatic rings. The normalized spacial score (nSPS) is 18.9. The second kappa shape index (κ2) is 5.45. The Hall–Kier alpha value is -1.17. The Labute approximate surface area is 119 Å². The molecule has 108 valence electrons. The Kier molecular flexibility index (Phi) is 4.55. The molecule has 1 aliphatic rings. The van der Waals surface area contributed by atoms with Gasteiger partial charge >= 0.3 is 0 Å². The summed E-state index contributed by atoms with van der Waals surface area (Å²) in [4.78, 5) is 24.3. The fourth-order valence-electron chi connectivity index (χ4n) is 1.99. The maximum atomic E-state index is 12.2. The zero-order valence-electron chi connectivity index (χ0n) is 12.0. The van der Waals surface area contributed by atoms with Gasteiger partial charge in [-0.3, -0.25) is 9.59 Å². The average Bonchev–Trinajstić information content (AvgIpc) is 2.11. The fourth-order valence-corrected chi connectivity index (χ4v) is 2.29. The molecule has 1 saturated carbocycles. The molecule has 1 fully saturated rings. The van der Waals surface area contributed by atoms with Crippen molar-refractivity contribution in [3.63, 3.8) is 0 Å². The molecule has 1 rings (SSSR count). The SMILES string of the molecule is CC(NC(=O)C1(C(N)=S)CCC1)C(=O)NC(C)(C)C. The van der Waals surface area contributed by atoms with Crippen LogP contribution in [-0.2, 0) is 9.59 Å². The minimum Gasteiger partial charge on any atom is -0.392 e. The molecule has 1 atom stereocenters. The van der Waals surface area contributed by atoms with Gasteiger partial charge in [0, 0.05) is 5.54 Å². The van der Waals surface area contributed by atoms with Crippen molar-refractivity contribution in [3.8, 4) is 0 Å². The van der Waals surface area contributed by atoms with E-state index in [4.69, 9.17) is 18.0 Å². The van der Waals surface area contributed by atoms with Crippen LogP contribution in [0.4, 0.5) is 0 Å². The van der Waals surface area contributed by atoms with Crippen molar-refractivity contribution in [1.29, 1.82) is 0 Å². The highest BCUT2D eigenvalue weighted by molar-refractivity contribution is 7.80. The van der Waals surface area contributed by atoms with E-state index < -0.39 is 11.5 Å². The van der Waals surface area contributed by atoms with Gasteiger partial charge in [0.05, 0.1) is 10.4 Å². The van der Waals surface area contributed by atoms with Gasteiger partial charge in [-0.2, -0.15) is 0 Å². The molecule has 1 aliphatic carbocycles. The molecule has 2 amide bonds. The predicted molar refractivity (Wildman–Crippen MR) is 78.6 cm³/mol. The topological polar surface area (TPSA) is 84.2 Å². The Morgan fingerprint density at radius 1 is 1.32 bits per heavy atom. The Morgan fingerprint density at radius 3 is 2.16 bits per heavy atom. The minimum absolute atomic E-state index is 0.210. The second-order valence-corrected chi connectivity index (χ2v) is 6.67. The average molecular weight is 285 g/mol. The van der Waals surface area contributed by atoms with Crippen molar-refractivity contribution in [1.82, 2.24) is 10.6 Å². The van der Waals surface area contributed by atoms with Gasteiger partial charge in [-0.25, -0.2) is 0 Å². The molecule has 1 unspecified atom stereocenters. The lowest BCUT2D eigenvalue weighted by Crippen LogP contribution is -2.58. The van der Waals surface area contributed by atoms with E-state index in [0.29, 0.717) is 12.8 Å². The van der Waals surface area contributed by atoms with Gasteiger partial charge in [-0.15, -0.1) is 0 Å². The van der Waals surface area contributed by atoms with E-state index in [9.17, 15) is 9.59 Å². The van der Waals surface area contributed by atoms with Crippen LogP contribution in [0.1, 0.15) is 47.0 Å². The summed E-state index contributed by atoms with van der Waals surface area (Å²) in [5.74, 6) is -0.443. The van der Waals surface area contributed by atoms with Crippen LogP contribution in [0.25, 0.3) is 0 Å². The molecular weight excluding hydrogens is 262 g/mol. The van der Waals surface area contributed by atoms with Crippen molar-refractivity contribution in [2.45, 2.75) is 58.5 Å². The lowest BCUT2D eigenvalue weighted by molar-refractivity contribution is -0.135. The number of rotatable bonds is 4. The molecule has 0 radical (unpaired) electrons. The summed E-state index contributed by atoms with van der Waals surface area (Å²) in [6.07, 6.45) is 2.27. The predicted octanol–water partition coefficient (Wildman–Crippen LogP) is 0.862. The first-order chi connectivity index (χ1) is 8.58. The van der Waals surface area contributed by atoms with Crippen LogP contribution in [0.15, 0.2) is 0 Å². The van der Waals surface area contributed by atoms with Crippen molar-refractivity contribution >= 4 is 29.0 Å². The lowest BCUT2D eigenvalue weighted by atomic mass is 9.68. The third kappa shape index (κ3) is 3.65. The Bertz CT molecular complexity index is 397. The van der Waals surface area contributed by atoms with Crippen molar-refractivity contribution in [2.75, 3.05) is 0 Å². The number of thiocarbonyl (C=S) groups is 1. The maximum Gasteiger partial charge on any atom is 0.242 e. The van der Waals surface area contributed by atoms with Gasteiger partial charge in [-0.05, 0) is 40.5 Å². The molecule has 0 saturated heterocycles. The van der Waals surface area contributed by atoms with E-state index in [1.165, 1.54) is 0 Å². The largest absolute Gasteiger partial charge is 0.392 e. The van der Waals surface area contributed by atoms with Crippen molar-refractivity contribution in [3.05, 3.63) is 0 Å². The highest BCUT2D eigenvalue weighted by Gasteiger charge is 2.47. The Balaban J connectivity index is 2.62. The zero-order valence-corrected chi connectivity index (χ0v) is 12.8. The van der Waals surface area contributed by atoms with Crippen molar-refractivity contribution in [2.24, 2.45) is 11.1 Å². The summed E-state index contributed by atoms with van der Waals surface area (Å²) in [7, 11) is 0. The van der Waals surface area contributed by atoms with Gasteiger partial charge in [0.2, 0.25) is 11.8 Å². The van der Waals surface area contributed by atoms with E-state index >= 15 is 0 Å². The quantitative estimate of drug-likeness (QED) is 0.669. The molecule has 0 aliphatic heterocycles. The maximum absolute atomic E-state index is 12.2. The van der Waals surface area contributed by atoms with Crippen LogP contribution in [0.3, 0.4) is 0 Å². The van der Waals surface area contributed by atoms with Crippen molar-refractivity contribution < 1.29 is 9.59 Å². The van der Waals surface area contributed by atoms with Crippen LogP contribution in [0.5, 0.6) is 0 Å². The smallest absolute Gasteiger partial charge is 0.242 e. The van der Waals surface area contributed by atoms with Crippen LogP contribution < -0.4 is 16.4 Å². The summed E-state index contributed by atoms with van der Waals surface area (Å²) in [6, 6.07) is -0.599. The number of nitrogens with one attached hydrogen (secondary N) is 2. The van der Waals surface area contributed by atoms with E-state index in [1.54, 1.807) is 6.92 Å². The van der Waals surface area contributed by atoms with Crippen LogP contribution in [0.2, 0.25) is 0 Å². The number of amides is 2. The van der Waals surface area contributed by atoms with Gasteiger partial charge in [0.15, 0.2) is 0 Å². The highest BCUT2D eigenvalue weighted by Crippen LogP contribution is 2.41. The zero-order chi connectivity index (χ0) is 14.8. The molecular formula is C13H23N3O2S. The van der Waals surface area contributed by atoms with E-state index in [2.05, 4.69) is 10.6 Å². The molecule has 0 spiro atoms. The summed E-state index contributed by atoms with van der Waals surface area (Å²) in [6.45, 7) is 7.33. The molecule has 4 N–H and O–H groups in total. The molecule has 0 aromatic heterocycles. The summed E-state index contributed by atoms with van der Waals surface area (Å²) in [5.41, 5.74) is 4.59. The minimum atomic E-state index is -0.744. The van der Waals surface area contributed by atoms with Gasteiger partial charge in [-0.1, -0.05) is 18.6 Å².